The van der Waals surface area contributed by atoms with Crippen LogP contribution in [0.25, 0.3) is 0 Å². The van der Waals surface area contributed by atoms with E-state index in [1.165, 1.54) is 6.92 Å². The van der Waals surface area contributed by atoms with E-state index in [1.807, 2.05) is 0 Å². The third-order valence-electron chi connectivity index (χ3n) is 2.60. The van der Waals surface area contributed by atoms with Crippen molar-refractivity contribution in [2.45, 2.75) is 26.9 Å². The number of nitro benzene ring substituents is 1. The highest BCUT2D eigenvalue weighted by Gasteiger charge is 2.20. The molecule has 1 unspecified atom stereocenters. The zero-order valence-corrected chi connectivity index (χ0v) is 11.7. The van der Waals surface area contributed by atoms with Gasteiger partial charge >= 0.3 is 5.97 Å². The quantitative estimate of drug-likeness (QED) is 0.350. The summed E-state index contributed by atoms with van der Waals surface area (Å²) >= 11 is 0. The van der Waals surface area contributed by atoms with Crippen molar-refractivity contribution in [1.29, 1.82) is 0 Å². The third kappa shape index (κ3) is 4.44. The summed E-state index contributed by atoms with van der Waals surface area (Å²) in [5.74, 6) is -1.09. The maximum Gasteiger partial charge on any atom is 0.308 e. The molecular formula is C13H14NO7-. The van der Waals surface area contributed by atoms with Crippen molar-refractivity contribution >= 4 is 17.8 Å². The Kier molecular flexibility index (Phi) is 5.23. The molecule has 8 heteroatoms. The fourth-order valence-corrected chi connectivity index (χ4v) is 1.52. The molecule has 0 fully saturated rings. The van der Waals surface area contributed by atoms with E-state index in [4.69, 9.17) is 4.74 Å². The number of nitrogens with zero attached hydrogens (tertiary/aromatic N) is 1. The van der Waals surface area contributed by atoms with E-state index in [1.54, 1.807) is 13.8 Å². The van der Waals surface area contributed by atoms with Crippen LogP contribution in [0.5, 0.6) is 5.75 Å². The average molecular weight is 296 g/mol. The summed E-state index contributed by atoms with van der Waals surface area (Å²) in [5.41, 5.74) is -0.203. The van der Waals surface area contributed by atoms with E-state index in [2.05, 4.69) is 4.74 Å². The monoisotopic (exact) mass is 296 g/mol. The molecule has 0 aliphatic rings. The molecular weight excluding hydrogens is 282 g/mol. The summed E-state index contributed by atoms with van der Waals surface area (Å²) in [6, 6.07) is 3.29. The first kappa shape index (κ1) is 16.4. The molecule has 0 saturated heterocycles. The normalized spacial score (nSPS) is 11.8. The van der Waals surface area contributed by atoms with Gasteiger partial charge < -0.3 is 19.4 Å². The van der Waals surface area contributed by atoms with Gasteiger partial charge in [-0.2, -0.15) is 0 Å². The van der Waals surface area contributed by atoms with Crippen LogP contribution in [0.1, 0.15) is 32.4 Å². The van der Waals surface area contributed by atoms with Crippen LogP contribution in [0, 0.1) is 16.0 Å². The molecule has 0 bridgehead atoms. The summed E-state index contributed by atoms with van der Waals surface area (Å²) in [4.78, 5) is 32.2. The van der Waals surface area contributed by atoms with Crippen molar-refractivity contribution in [1.82, 2.24) is 0 Å². The van der Waals surface area contributed by atoms with Crippen molar-refractivity contribution in [2.24, 2.45) is 5.92 Å². The summed E-state index contributed by atoms with van der Waals surface area (Å²) in [6.07, 6.45) is -2.72. The van der Waals surface area contributed by atoms with Crippen LogP contribution in [-0.2, 0) is 9.53 Å². The molecule has 0 heterocycles. The van der Waals surface area contributed by atoms with Crippen LogP contribution in [-0.4, -0.2) is 17.0 Å². The second kappa shape index (κ2) is 6.69. The standard InChI is InChI=1S/C13H15NO7/c1-7(2)12(15)20-8(3)10-6-9(14(18)19)4-5-11(10)21-13(16)17/h4-8H,1-3H3,(H,16,17)/p-1. The zero-order chi connectivity index (χ0) is 16.2. The van der Waals surface area contributed by atoms with E-state index >= 15 is 0 Å². The number of carboxylic acid groups (broad SMARTS) is 1. The topological polar surface area (TPSA) is 119 Å². The lowest BCUT2D eigenvalue weighted by atomic mass is 10.1. The molecule has 1 aromatic carbocycles. The SMILES string of the molecule is CC(C)C(=O)OC(C)c1cc([N+](=O)[O-])ccc1OC(=O)[O-]. The molecule has 1 atom stereocenters. The first-order valence-electron chi connectivity index (χ1n) is 6.10. The third-order valence-corrected chi connectivity index (χ3v) is 2.60. The molecule has 0 spiro atoms. The Morgan fingerprint density at radius 2 is 1.86 bits per heavy atom. The average Bonchev–Trinajstić information content (AvgIpc) is 2.37. The maximum absolute atomic E-state index is 11.6. The van der Waals surface area contributed by atoms with Crippen LogP contribution in [0.15, 0.2) is 18.2 Å². The summed E-state index contributed by atoms with van der Waals surface area (Å²) in [6.45, 7) is 4.71. The molecule has 1 rings (SSSR count). The van der Waals surface area contributed by atoms with E-state index in [9.17, 15) is 24.8 Å². The molecule has 0 amide bonds. The first-order chi connectivity index (χ1) is 9.72. The molecule has 114 valence electrons. The van der Waals surface area contributed by atoms with Crippen molar-refractivity contribution < 1.29 is 29.1 Å². The highest BCUT2D eigenvalue weighted by Crippen LogP contribution is 2.31. The smallest absolute Gasteiger partial charge is 0.308 e. The first-order valence-corrected chi connectivity index (χ1v) is 6.10. The maximum atomic E-state index is 11.6. The predicted octanol–water partition coefficient (Wildman–Crippen LogP) is 1.58. The Morgan fingerprint density at radius 1 is 1.24 bits per heavy atom. The number of rotatable bonds is 5. The minimum atomic E-state index is -1.81. The van der Waals surface area contributed by atoms with Gasteiger partial charge in [0.05, 0.1) is 16.6 Å². The number of carbonyl (C=O) groups excluding carboxylic acids is 2. The van der Waals surface area contributed by atoms with E-state index in [0.717, 1.165) is 18.2 Å². The number of esters is 1. The zero-order valence-electron chi connectivity index (χ0n) is 11.7. The molecule has 8 nitrogen and oxygen atoms in total. The minimum absolute atomic E-state index is 0.0717. The van der Waals surface area contributed by atoms with E-state index in [-0.39, 0.29) is 17.0 Å². The molecule has 0 aromatic heterocycles. The van der Waals surface area contributed by atoms with Gasteiger partial charge in [-0.3, -0.25) is 14.9 Å². The van der Waals surface area contributed by atoms with Gasteiger partial charge in [0.25, 0.3) is 11.8 Å². The van der Waals surface area contributed by atoms with Crippen LogP contribution >= 0.6 is 0 Å². The molecule has 1 aromatic rings. The largest absolute Gasteiger partial charge is 0.514 e. The fourth-order valence-electron chi connectivity index (χ4n) is 1.52. The number of carbonyl (C=O) groups is 2. The lowest BCUT2D eigenvalue weighted by Crippen LogP contribution is -2.27. The Labute approximate surface area is 120 Å². The van der Waals surface area contributed by atoms with Gasteiger partial charge in [0.2, 0.25) is 0 Å². The van der Waals surface area contributed by atoms with Gasteiger partial charge in [0, 0.05) is 17.7 Å². The van der Waals surface area contributed by atoms with Crippen molar-refractivity contribution in [3.8, 4) is 5.75 Å². The number of non-ortho nitro benzene ring substituents is 1. The Morgan fingerprint density at radius 3 is 2.33 bits per heavy atom. The highest BCUT2D eigenvalue weighted by atomic mass is 16.7. The predicted molar refractivity (Wildman–Crippen MR) is 68.5 cm³/mol. The Bertz CT molecular complexity index is 568. The fraction of sp³-hybridized carbons (Fsp3) is 0.385. The van der Waals surface area contributed by atoms with Gasteiger partial charge in [0.15, 0.2) is 0 Å². The summed E-state index contributed by atoms with van der Waals surface area (Å²) in [7, 11) is 0. The van der Waals surface area contributed by atoms with Crippen molar-refractivity contribution in [2.75, 3.05) is 0 Å². The Balaban J connectivity index is 3.15. The number of benzene rings is 1. The van der Waals surface area contributed by atoms with Crippen LogP contribution < -0.4 is 9.84 Å². The van der Waals surface area contributed by atoms with E-state index in [0.29, 0.717) is 0 Å². The van der Waals surface area contributed by atoms with Crippen molar-refractivity contribution in [3.05, 3.63) is 33.9 Å². The highest BCUT2D eigenvalue weighted by molar-refractivity contribution is 5.72. The molecule has 0 saturated carbocycles. The number of hydrogen-bond donors (Lipinski definition) is 0. The summed E-state index contributed by atoms with van der Waals surface area (Å²) in [5, 5.41) is 21.3. The number of nitro groups is 1. The molecule has 0 aliphatic carbocycles. The van der Waals surface area contributed by atoms with Crippen LogP contribution in [0.2, 0.25) is 0 Å². The van der Waals surface area contributed by atoms with Crippen LogP contribution in [0.4, 0.5) is 10.5 Å². The van der Waals surface area contributed by atoms with Crippen molar-refractivity contribution in [3.63, 3.8) is 0 Å². The second-order valence-corrected chi connectivity index (χ2v) is 4.57. The summed E-state index contributed by atoms with van der Waals surface area (Å²) < 4.78 is 9.53. The molecule has 0 N–H and O–H groups in total. The van der Waals surface area contributed by atoms with E-state index < -0.39 is 29.1 Å². The van der Waals surface area contributed by atoms with Crippen LogP contribution in [0.3, 0.4) is 0 Å². The molecule has 0 aliphatic heterocycles. The van der Waals surface area contributed by atoms with Gasteiger partial charge in [-0.15, -0.1) is 0 Å². The van der Waals surface area contributed by atoms with Gasteiger partial charge in [0.1, 0.15) is 6.10 Å². The molecule has 0 radical (unpaired) electrons. The lowest BCUT2D eigenvalue weighted by molar-refractivity contribution is -0.385. The lowest BCUT2D eigenvalue weighted by Gasteiger charge is -2.20. The van der Waals surface area contributed by atoms with Gasteiger partial charge in [-0.05, 0) is 13.0 Å². The minimum Gasteiger partial charge on any atom is -0.514 e. The van der Waals surface area contributed by atoms with Gasteiger partial charge in [-0.25, -0.2) is 0 Å². The number of ether oxygens (including phenoxy) is 2. The number of hydrogen-bond acceptors (Lipinski definition) is 7. The Hall–Kier alpha value is -2.64. The molecule has 21 heavy (non-hydrogen) atoms. The van der Waals surface area contributed by atoms with Gasteiger partial charge in [-0.1, -0.05) is 13.8 Å². The second-order valence-electron chi connectivity index (χ2n) is 4.57.